The van der Waals surface area contributed by atoms with Crippen molar-refractivity contribution in [2.24, 2.45) is 0 Å². The second-order valence-corrected chi connectivity index (χ2v) is 8.62. The van der Waals surface area contributed by atoms with Crippen LogP contribution in [0.15, 0.2) is 52.7 Å². The van der Waals surface area contributed by atoms with Crippen LogP contribution >= 0.6 is 23.1 Å². The lowest BCUT2D eigenvalue weighted by atomic mass is 10.1. The fourth-order valence-corrected chi connectivity index (χ4v) is 5.44. The molecule has 0 saturated heterocycles. The van der Waals surface area contributed by atoms with Crippen molar-refractivity contribution >= 4 is 54.2 Å². The lowest BCUT2D eigenvalue weighted by Gasteiger charge is -2.12. The fourth-order valence-electron chi connectivity index (χ4n) is 2.63. The van der Waals surface area contributed by atoms with E-state index in [1.54, 1.807) is 12.1 Å². The van der Waals surface area contributed by atoms with Crippen molar-refractivity contribution in [3.8, 4) is 0 Å². The minimum atomic E-state index is -3.80. The molecule has 2 aromatic carbocycles. The maximum absolute atomic E-state index is 12.6. The Morgan fingerprint density at radius 3 is 2.84 bits per heavy atom. The van der Waals surface area contributed by atoms with Gasteiger partial charge in [0.15, 0.2) is 0 Å². The predicted molar refractivity (Wildman–Crippen MR) is 99.4 cm³/mol. The van der Waals surface area contributed by atoms with E-state index in [2.05, 4.69) is 13.5 Å². The van der Waals surface area contributed by atoms with Crippen LogP contribution in [-0.2, 0) is 10.0 Å². The Hall–Kier alpha value is -1.91. The Bertz CT molecular complexity index is 1150. The SMILES string of the molecule is O=S(=O)(NC[C@H](O)c1csc2ccccc12)c1cccc2nsnc12. The first-order chi connectivity index (χ1) is 12.1. The van der Waals surface area contributed by atoms with Gasteiger partial charge in [-0.3, -0.25) is 0 Å². The fraction of sp³-hybridized carbons (Fsp3) is 0.125. The first kappa shape index (κ1) is 16.6. The number of nitrogens with one attached hydrogen (secondary N) is 1. The lowest BCUT2D eigenvalue weighted by molar-refractivity contribution is 0.184. The number of hydrogen-bond donors (Lipinski definition) is 2. The molecule has 4 aromatic rings. The van der Waals surface area contributed by atoms with Crippen LogP contribution < -0.4 is 4.72 Å². The summed E-state index contributed by atoms with van der Waals surface area (Å²) in [6.45, 7) is -0.114. The maximum atomic E-state index is 12.6. The molecule has 0 amide bonds. The molecule has 0 bridgehead atoms. The lowest BCUT2D eigenvalue weighted by Crippen LogP contribution is -2.28. The first-order valence-corrected chi connectivity index (χ1v) is 10.5. The normalized spacial score (nSPS) is 13.5. The van der Waals surface area contributed by atoms with Gasteiger partial charge in [-0.2, -0.15) is 8.75 Å². The Kier molecular flexibility index (Phi) is 4.26. The molecular weight excluding hydrogens is 378 g/mol. The molecule has 0 spiro atoms. The van der Waals surface area contributed by atoms with Crippen molar-refractivity contribution in [2.75, 3.05) is 6.54 Å². The summed E-state index contributed by atoms with van der Waals surface area (Å²) in [5.41, 5.74) is 1.60. The monoisotopic (exact) mass is 391 g/mol. The molecule has 2 N–H and O–H groups in total. The van der Waals surface area contributed by atoms with Crippen LogP contribution in [0.1, 0.15) is 11.7 Å². The summed E-state index contributed by atoms with van der Waals surface area (Å²) in [4.78, 5) is 0.0705. The Morgan fingerprint density at radius 1 is 1.12 bits per heavy atom. The quantitative estimate of drug-likeness (QED) is 0.546. The summed E-state index contributed by atoms with van der Waals surface area (Å²) in [5.74, 6) is 0. The van der Waals surface area contributed by atoms with Crippen LogP contribution in [-0.4, -0.2) is 28.8 Å². The van der Waals surface area contributed by atoms with E-state index < -0.39 is 16.1 Å². The first-order valence-electron chi connectivity index (χ1n) is 7.41. The Balaban J connectivity index is 1.59. The molecule has 2 heterocycles. The zero-order chi connectivity index (χ0) is 17.4. The molecule has 0 saturated carbocycles. The predicted octanol–water partition coefficient (Wildman–Crippen LogP) is 2.92. The van der Waals surface area contributed by atoms with E-state index in [0.717, 1.165) is 27.4 Å². The van der Waals surface area contributed by atoms with Gasteiger partial charge < -0.3 is 5.11 Å². The number of rotatable bonds is 5. The van der Waals surface area contributed by atoms with Crippen molar-refractivity contribution in [2.45, 2.75) is 11.0 Å². The Morgan fingerprint density at radius 2 is 1.96 bits per heavy atom. The minimum Gasteiger partial charge on any atom is -0.387 e. The Labute approximate surface area is 152 Å². The molecule has 0 fully saturated rings. The molecule has 0 aliphatic rings. The molecule has 0 unspecified atom stereocenters. The number of sulfonamides is 1. The minimum absolute atomic E-state index is 0.0705. The molecule has 4 rings (SSSR count). The van der Waals surface area contributed by atoms with E-state index in [9.17, 15) is 13.5 Å². The number of fused-ring (bicyclic) bond motifs is 2. The number of nitrogens with zero attached hydrogens (tertiary/aromatic N) is 2. The van der Waals surface area contributed by atoms with E-state index in [0.29, 0.717) is 11.0 Å². The van der Waals surface area contributed by atoms with E-state index in [1.165, 1.54) is 17.4 Å². The molecular formula is C16H13N3O3S3. The van der Waals surface area contributed by atoms with Crippen LogP contribution in [0.5, 0.6) is 0 Å². The van der Waals surface area contributed by atoms with Crippen molar-refractivity contribution in [3.63, 3.8) is 0 Å². The molecule has 6 nitrogen and oxygen atoms in total. The van der Waals surface area contributed by atoms with Gasteiger partial charge in [0.05, 0.1) is 17.8 Å². The van der Waals surface area contributed by atoms with Crippen LogP contribution in [0.25, 0.3) is 21.1 Å². The third kappa shape index (κ3) is 3.05. The summed E-state index contributed by atoms with van der Waals surface area (Å²) in [6.07, 6.45) is -0.932. The third-order valence-corrected chi connectivity index (χ3v) is 6.85. The van der Waals surface area contributed by atoms with Crippen molar-refractivity contribution in [1.29, 1.82) is 0 Å². The number of benzene rings is 2. The van der Waals surface area contributed by atoms with E-state index in [-0.39, 0.29) is 11.4 Å². The largest absolute Gasteiger partial charge is 0.387 e. The van der Waals surface area contributed by atoms with Gasteiger partial charge in [-0.25, -0.2) is 13.1 Å². The molecule has 128 valence electrons. The third-order valence-electron chi connectivity index (χ3n) is 3.88. The van der Waals surface area contributed by atoms with Crippen LogP contribution in [0.2, 0.25) is 0 Å². The van der Waals surface area contributed by atoms with Crippen molar-refractivity contribution in [3.05, 3.63) is 53.4 Å². The standard InChI is InChI=1S/C16H13N3O3S3/c20-13(11-9-23-14-6-2-1-4-10(11)14)8-17-25(21,22)15-7-3-5-12-16(15)19-24-18-12/h1-7,9,13,17,20H,8H2/t13-/m0/s1. The molecule has 25 heavy (non-hydrogen) atoms. The van der Waals surface area contributed by atoms with Crippen LogP contribution in [0.3, 0.4) is 0 Å². The molecule has 0 aliphatic carbocycles. The molecule has 9 heteroatoms. The maximum Gasteiger partial charge on any atom is 0.242 e. The number of hydrogen-bond acceptors (Lipinski definition) is 7. The molecule has 2 aromatic heterocycles. The second kappa shape index (κ2) is 6.43. The van der Waals surface area contributed by atoms with Gasteiger partial charge in [-0.1, -0.05) is 24.3 Å². The molecule has 0 radical (unpaired) electrons. The van der Waals surface area contributed by atoms with Gasteiger partial charge in [-0.15, -0.1) is 11.3 Å². The average Bonchev–Trinajstić information content (AvgIpc) is 3.26. The number of aliphatic hydroxyl groups excluding tert-OH is 1. The number of thiophene rings is 1. The highest BCUT2D eigenvalue weighted by molar-refractivity contribution is 7.89. The highest BCUT2D eigenvalue weighted by Gasteiger charge is 2.22. The number of aromatic nitrogens is 2. The smallest absolute Gasteiger partial charge is 0.242 e. The van der Waals surface area contributed by atoms with Gasteiger partial charge >= 0.3 is 0 Å². The van der Waals surface area contributed by atoms with Gasteiger partial charge in [0, 0.05) is 16.8 Å². The van der Waals surface area contributed by atoms with Gasteiger partial charge in [0.2, 0.25) is 10.0 Å². The van der Waals surface area contributed by atoms with E-state index in [1.807, 2.05) is 29.6 Å². The summed E-state index contributed by atoms with van der Waals surface area (Å²) in [6, 6.07) is 12.5. The van der Waals surface area contributed by atoms with Crippen LogP contribution in [0.4, 0.5) is 0 Å². The van der Waals surface area contributed by atoms with E-state index in [4.69, 9.17) is 0 Å². The number of aliphatic hydroxyl groups is 1. The summed E-state index contributed by atoms with van der Waals surface area (Å²) < 4.78 is 36.8. The van der Waals surface area contributed by atoms with Crippen molar-refractivity contribution in [1.82, 2.24) is 13.5 Å². The highest BCUT2D eigenvalue weighted by Crippen LogP contribution is 2.30. The van der Waals surface area contributed by atoms with Crippen LogP contribution in [0, 0.1) is 0 Å². The molecule has 0 aliphatic heterocycles. The zero-order valence-electron chi connectivity index (χ0n) is 12.8. The van der Waals surface area contributed by atoms with Gasteiger partial charge in [0.25, 0.3) is 0 Å². The summed E-state index contributed by atoms with van der Waals surface area (Å²) >= 11 is 2.49. The van der Waals surface area contributed by atoms with Gasteiger partial charge in [-0.05, 0) is 29.0 Å². The molecule has 1 atom stereocenters. The summed E-state index contributed by atoms with van der Waals surface area (Å²) in [5, 5.41) is 13.2. The van der Waals surface area contributed by atoms with E-state index >= 15 is 0 Å². The van der Waals surface area contributed by atoms with Gasteiger partial charge in [0.1, 0.15) is 15.9 Å². The second-order valence-electron chi connectivity index (χ2n) is 5.44. The zero-order valence-corrected chi connectivity index (χ0v) is 15.2. The average molecular weight is 391 g/mol. The highest BCUT2D eigenvalue weighted by atomic mass is 32.2. The van der Waals surface area contributed by atoms with Crippen molar-refractivity contribution < 1.29 is 13.5 Å². The topological polar surface area (TPSA) is 92.2 Å². The summed E-state index contributed by atoms with van der Waals surface area (Å²) in [7, 11) is -3.80.